The van der Waals surface area contributed by atoms with Crippen LogP contribution in [0.5, 0.6) is 0 Å². The van der Waals surface area contributed by atoms with Gasteiger partial charge in [0.15, 0.2) is 0 Å². The zero-order valence-electron chi connectivity index (χ0n) is 9.78. The predicted octanol–water partition coefficient (Wildman–Crippen LogP) is 4.57. The van der Waals surface area contributed by atoms with Crippen LogP contribution >= 0.6 is 35.0 Å². The molecule has 2 rings (SSSR count). The van der Waals surface area contributed by atoms with Gasteiger partial charge in [-0.2, -0.15) is 0 Å². The van der Waals surface area contributed by atoms with E-state index < -0.39 is 0 Å². The molecule has 0 saturated heterocycles. The Morgan fingerprint density at radius 3 is 2.67 bits per heavy atom. The molecule has 0 aliphatic carbocycles. The van der Waals surface area contributed by atoms with Crippen LogP contribution < -0.4 is 5.73 Å². The second kappa shape index (κ2) is 5.83. The third-order valence-corrected chi connectivity index (χ3v) is 4.24. The summed E-state index contributed by atoms with van der Waals surface area (Å²) < 4.78 is 0. The summed E-state index contributed by atoms with van der Waals surface area (Å²) in [5.41, 5.74) is 8.64. The average molecular weight is 299 g/mol. The minimum atomic E-state index is 0.414. The molecule has 0 bridgehead atoms. The fourth-order valence-corrected chi connectivity index (χ4v) is 3.02. The van der Waals surface area contributed by atoms with E-state index in [4.69, 9.17) is 28.9 Å². The van der Waals surface area contributed by atoms with Crippen LogP contribution in [0.2, 0.25) is 10.3 Å². The van der Waals surface area contributed by atoms with Gasteiger partial charge in [0.05, 0.1) is 0 Å². The zero-order chi connectivity index (χ0) is 13.1. The first-order valence-corrected chi connectivity index (χ1v) is 7.10. The lowest BCUT2D eigenvalue weighted by molar-refractivity contribution is 1.24. The van der Waals surface area contributed by atoms with Crippen molar-refractivity contribution in [2.24, 2.45) is 0 Å². The zero-order valence-corrected chi connectivity index (χ0v) is 12.1. The standard InChI is InChI=1S/C13H12Cl2N2S/c1-8-6-10(16)3-4-11(8)18-7-9-2-5-12(14)17-13(9)15/h2-6H,7,16H2,1H3. The number of benzene rings is 1. The Labute approximate surface area is 121 Å². The van der Waals surface area contributed by atoms with E-state index in [1.54, 1.807) is 17.8 Å². The van der Waals surface area contributed by atoms with Crippen molar-refractivity contribution in [1.29, 1.82) is 0 Å². The average Bonchev–Trinajstić information content (AvgIpc) is 2.30. The molecule has 0 fully saturated rings. The molecule has 2 aromatic rings. The van der Waals surface area contributed by atoms with Crippen LogP contribution in [0.3, 0.4) is 0 Å². The van der Waals surface area contributed by atoms with E-state index in [2.05, 4.69) is 4.98 Å². The van der Waals surface area contributed by atoms with E-state index in [0.29, 0.717) is 10.3 Å². The number of nitrogens with two attached hydrogens (primary N) is 1. The maximum atomic E-state index is 6.03. The van der Waals surface area contributed by atoms with Crippen LogP contribution in [0.15, 0.2) is 35.2 Å². The molecular weight excluding hydrogens is 287 g/mol. The first-order chi connectivity index (χ1) is 8.56. The Bertz CT molecular complexity index is 521. The van der Waals surface area contributed by atoms with Crippen molar-refractivity contribution in [3.05, 3.63) is 51.8 Å². The third-order valence-electron chi connectivity index (χ3n) is 2.47. The molecular formula is C13H12Cl2N2S. The summed E-state index contributed by atoms with van der Waals surface area (Å²) in [5.74, 6) is 0.758. The lowest BCUT2D eigenvalue weighted by Crippen LogP contribution is -1.89. The predicted molar refractivity (Wildman–Crippen MR) is 79.4 cm³/mol. The topological polar surface area (TPSA) is 38.9 Å². The van der Waals surface area contributed by atoms with Crippen LogP contribution in [-0.2, 0) is 5.75 Å². The lowest BCUT2D eigenvalue weighted by Gasteiger charge is -2.07. The number of hydrogen-bond donors (Lipinski definition) is 1. The van der Waals surface area contributed by atoms with Gasteiger partial charge in [-0.1, -0.05) is 29.3 Å². The van der Waals surface area contributed by atoms with Gasteiger partial charge in [0, 0.05) is 16.3 Å². The maximum absolute atomic E-state index is 6.03. The number of nitrogen functional groups attached to an aromatic ring is 1. The minimum Gasteiger partial charge on any atom is -0.399 e. The quantitative estimate of drug-likeness (QED) is 0.512. The fraction of sp³-hybridized carbons (Fsp3) is 0.154. The Balaban J connectivity index is 2.11. The van der Waals surface area contributed by atoms with Gasteiger partial charge in [-0.05, 0) is 42.3 Å². The molecule has 0 amide bonds. The highest BCUT2D eigenvalue weighted by molar-refractivity contribution is 7.98. The molecule has 0 aliphatic heterocycles. The van der Waals surface area contributed by atoms with E-state index in [1.165, 1.54) is 4.90 Å². The van der Waals surface area contributed by atoms with E-state index in [1.807, 2.05) is 31.2 Å². The van der Waals surface area contributed by atoms with Gasteiger partial charge in [0.25, 0.3) is 0 Å². The number of aromatic nitrogens is 1. The Kier molecular flexibility index (Phi) is 4.38. The molecule has 94 valence electrons. The van der Waals surface area contributed by atoms with Crippen LogP contribution in [0.1, 0.15) is 11.1 Å². The van der Waals surface area contributed by atoms with Gasteiger partial charge in [0.2, 0.25) is 0 Å². The largest absolute Gasteiger partial charge is 0.399 e. The smallest absolute Gasteiger partial charge is 0.134 e. The molecule has 18 heavy (non-hydrogen) atoms. The summed E-state index contributed by atoms with van der Waals surface area (Å²) in [6.45, 7) is 2.04. The van der Waals surface area contributed by atoms with E-state index in [-0.39, 0.29) is 0 Å². The minimum absolute atomic E-state index is 0.414. The monoisotopic (exact) mass is 298 g/mol. The number of nitrogens with zero attached hydrogens (tertiary/aromatic N) is 1. The normalized spacial score (nSPS) is 10.6. The van der Waals surface area contributed by atoms with Gasteiger partial charge in [-0.25, -0.2) is 4.98 Å². The molecule has 0 saturated carbocycles. The van der Waals surface area contributed by atoms with Gasteiger partial charge < -0.3 is 5.73 Å². The molecule has 0 unspecified atom stereocenters. The first kappa shape index (κ1) is 13.5. The van der Waals surface area contributed by atoms with Crippen LogP contribution in [0, 0.1) is 6.92 Å². The number of anilines is 1. The van der Waals surface area contributed by atoms with Crippen molar-refractivity contribution in [2.75, 3.05) is 5.73 Å². The molecule has 0 radical (unpaired) electrons. The van der Waals surface area contributed by atoms with Crippen LogP contribution in [0.4, 0.5) is 5.69 Å². The molecule has 0 atom stereocenters. The fourth-order valence-electron chi connectivity index (χ4n) is 1.54. The number of aryl methyl sites for hydroxylation is 1. The van der Waals surface area contributed by atoms with Crippen molar-refractivity contribution >= 4 is 40.7 Å². The number of thioether (sulfide) groups is 1. The van der Waals surface area contributed by atoms with Gasteiger partial charge in [-0.15, -0.1) is 11.8 Å². The Morgan fingerprint density at radius 1 is 1.22 bits per heavy atom. The highest BCUT2D eigenvalue weighted by atomic mass is 35.5. The summed E-state index contributed by atoms with van der Waals surface area (Å²) in [7, 11) is 0. The SMILES string of the molecule is Cc1cc(N)ccc1SCc1ccc(Cl)nc1Cl. The molecule has 1 heterocycles. The maximum Gasteiger partial charge on any atom is 0.134 e. The van der Waals surface area contributed by atoms with Crippen molar-refractivity contribution < 1.29 is 0 Å². The van der Waals surface area contributed by atoms with Crippen molar-refractivity contribution in [2.45, 2.75) is 17.6 Å². The Hall–Kier alpha value is -0.900. The lowest BCUT2D eigenvalue weighted by atomic mass is 10.2. The van der Waals surface area contributed by atoms with Crippen molar-refractivity contribution in [1.82, 2.24) is 4.98 Å². The number of halogens is 2. The molecule has 2 nitrogen and oxygen atoms in total. The molecule has 0 aliphatic rings. The first-order valence-electron chi connectivity index (χ1n) is 5.36. The summed E-state index contributed by atoms with van der Waals surface area (Å²) in [5, 5.41) is 0.875. The Morgan fingerprint density at radius 2 is 2.00 bits per heavy atom. The van der Waals surface area contributed by atoms with Gasteiger partial charge in [0.1, 0.15) is 10.3 Å². The van der Waals surface area contributed by atoms with E-state index in [0.717, 1.165) is 22.6 Å². The van der Waals surface area contributed by atoms with Gasteiger partial charge in [-0.3, -0.25) is 0 Å². The van der Waals surface area contributed by atoms with Crippen molar-refractivity contribution in [3.63, 3.8) is 0 Å². The van der Waals surface area contributed by atoms with Crippen LogP contribution in [0.25, 0.3) is 0 Å². The second-order valence-corrected chi connectivity index (χ2v) is 5.66. The number of pyridine rings is 1. The molecule has 1 aromatic heterocycles. The summed E-state index contributed by atoms with van der Waals surface area (Å²) in [4.78, 5) is 5.21. The molecule has 0 spiro atoms. The number of hydrogen-bond acceptors (Lipinski definition) is 3. The van der Waals surface area contributed by atoms with Gasteiger partial charge >= 0.3 is 0 Å². The van der Waals surface area contributed by atoms with E-state index >= 15 is 0 Å². The molecule has 2 N–H and O–H groups in total. The van der Waals surface area contributed by atoms with Crippen LogP contribution in [-0.4, -0.2) is 4.98 Å². The molecule has 5 heteroatoms. The highest BCUT2D eigenvalue weighted by Gasteiger charge is 2.05. The summed E-state index contributed by atoms with van der Waals surface area (Å²) in [6.07, 6.45) is 0. The summed E-state index contributed by atoms with van der Waals surface area (Å²) in [6, 6.07) is 9.53. The summed E-state index contributed by atoms with van der Waals surface area (Å²) >= 11 is 13.5. The highest BCUT2D eigenvalue weighted by Crippen LogP contribution is 2.29. The second-order valence-electron chi connectivity index (χ2n) is 3.90. The van der Waals surface area contributed by atoms with Crippen molar-refractivity contribution in [3.8, 4) is 0 Å². The molecule has 1 aromatic carbocycles. The third kappa shape index (κ3) is 3.31. The van der Waals surface area contributed by atoms with E-state index in [9.17, 15) is 0 Å². The number of rotatable bonds is 3.